The van der Waals surface area contributed by atoms with Crippen molar-refractivity contribution in [2.75, 3.05) is 0 Å². The van der Waals surface area contributed by atoms with Crippen molar-refractivity contribution in [3.63, 3.8) is 0 Å². The Bertz CT molecular complexity index is 488. The van der Waals surface area contributed by atoms with Crippen molar-refractivity contribution < 1.29 is 0 Å². The first-order chi connectivity index (χ1) is 7.59. The molecule has 1 atom stereocenters. The van der Waals surface area contributed by atoms with Crippen molar-refractivity contribution in [3.8, 4) is 0 Å². The van der Waals surface area contributed by atoms with E-state index in [1.54, 1.807) is 0 Å². The summed E-state index contributed by atoms with van der Waals surface area (Å²) < 4.78 is 0. The summed E-state index contributed by atoms with van der Waals surface area (Å²) in [5, 5.41) is 6.63. The Kier molecular flexibility index (Phi) is 2.75. The molecule has 4 nitrogen and oxygen atoms in total. The van der Waals surface area contributed by atoms with Gasteiger partial charge in [0.15, 0.2) is 0 Å². The molecule has 4 heteroatoms. The fraction of sp³-hybridized carbons (Fsp3) is 0.333. The van der Waals surface area contributed by atoms with Crippen LogP contribution in [0.1, 0.15) is 34.1 Å². The van der Waals surface area contributed by atoms with Gasteiger partial charge in [-0.05, 0) is 43.0 Å². The highest BCUT2D eigenvalue weighted by Gasteiger charge is 2.14. The van der Waals surface area contributed by atoms with Crippen LogP contribution in [-0.4, -0.2) is 15.2 Å². The summed E-state index contributed by atoms with van der Waals surface area (Å²) in [7, 11) is 0. The van der Waals surface area contributed by atoms with Crippen LogP contribution in [0.3, 0.4) is 0 Å². The van der Waals surface area contributed by atoms with E-state index in [9.17, 15) is 0 Å². The monoisotopic (exact) mass is 216 g/mol. The molecule has 2 aromatic rings. The molecule has 1 aromatic heterocycles. The molecule has 0 fully saturated rings. The molecule has 0 aliphatic carbocycles. The first-order valence-corrected chi connectivity index (χ1v) is 5.28. The largest absolute Gasteiger partial charge is 0.318 e. The average molecular weight is 216 g/mol. The lowest BCUT2D eigenvalue weighted by Gasteiger charge is -2.14. The predicted molar refractivity (Wildman–Crippen MR) is 63.1 cm³/mol. The zero-order chi connectivity index (χ0) is 11.7. The van der Waals surface area contributed by atoms with E-state index >= 15 is 0 Å². The lowest BCUT2D eigenvalue weighted by atomic mass is 9.96. The molecular weight excluding hydrogens is 200 g/mol. The Balaban J connectivity index is 2.44. The summed E-state index contributed by atoms with van der Waals surface area (Å²) in [6.07, 6.45) is 1.48. The Morgan fingerprint density at radius 3 is 2.44 bits per heavy atom. The Morgan fingerprint density at radius 2 is 1.81 bits per heavy atom. The number of hydrogen-bond acceptors (Lipinski definition) is 3. The summed E-state index contributed by atoms with van der Waals surface area (Å²) >= 11 is 0. The highest BCUT2D eigenvalue weighted by atomic mass is 15.2. The van der Waals surface area contributed by atoms with E-state index in [0.29, 0.717) is 5.82 Å². The highest BCUT2D eigenvalue weighted by molar-refractivity contribution is 5.39. The smallest absolute Gasteiger partial charge is 0.145 e. The number of nitrogens with zero attached hydrogens (tertiary/aromatic N) is 2. The summed E-state index contributed by atoms with van der Waals surface area (Å²) in [4.78, 5) is 4.09. The van der Waals surface area contributed by atoms with Gasteiger partial charge < -0.3 is 5.73 Å². The molecule has 0 saturated carbocycles. The Hall–Kier alpha value is -1.68. The molecule has 3 N–H and O–H groups in total. The van der Waals surface area contributed by atoms with Crippen LogP contribution in [0.5, 0.6) is 0 Å². The molecular formula is C12H16N4. The van der Waals surface area contributed by atoms with Gasteiger partial charge in [-0.3, -0.25) is 5.10 Å². The van der Waals surface area contributed by atoms with Crippen molar-refractivity contribution in [1.29, 1.82) is 0 Å². The first-order valence-electron chi connectivity index (χ1n) is 5.28. The number of nitrogens with two attached hydrogens (primary N) is 1. The number of aryl methyl sites for hydroxylation is 3. The van der Waals surface area contributed by atoms with Gasteiger partial charge in [0.25, 0.3) is 0 Å². The van der Waals surface area contributed by atoms with Crippen LogP contribution in [0, 0.1) is 20.8 Å². The van der Waals surface area contributed by atoms with E-state index in [2.05, 4.69) is 48.1 Å². The van der Waals surface area contributed by atoms with Crippen molar-refractivity contribution in [2.45, 2.75) is 26.8 Å². The van der Waals surface area contributed by atoms with Gasteiger partial charge in [-0.15, -0.1) is 0 Å². The van der Waals surface area contributed by atoms with Crippen molar-refractivity contribution in [2.24, 2.45) is 5.73 Å². The highest BCUT2D eigenvalue weighted by Crippen LogP contribution is 2.23. The second-order valence-electron chi connectivity index (χ2n) is 4.14. The number of aromatic nitrogens is 3. The Labute approximate surface area is 94.9 Å². The summed E-state index contributed by atoms with van der Waals surface area (Å²) in [5.41, 5.74) is 11.0. The third-order valence-electron chi connectivity index (χ3n) is 2.95. The van der Waals surface area contributed by atoms with E-state index in [1.807, 2.05) is 0 Å². The van der Waals surface area contributed by atoms with E-state index < -0.39 is 0 Å². The van der Waals surface area contributed by atoms with Crippen LogP contribution in [-0.2, 0) is 0 Å². The second kappa shape index (κ2) is 4.06. The topological polar surface area (TPSA) is 67.6 Å². The maximum absolute atomic E-state index is 6.15. The molecule has 0 radical (unpaired) electrons. The third kappa shape index (κ3) is 1.84. The normalized spacial score (nSPS) is 12.8. The molecule has 1 heterocycles. The van der Waals surface area contributed by atoms with Crippen LogP contribution >= 0.6 is 0 Å². The van der Waals surface area contributed by atoms with E-state index in [0.717, 1.165) is 5.56 Å². The summed E-state index contributed by atoms with van der Waals surface area (Å²) in [5.74, 6) is 0.700. The van der Waals surface area contributed by atoms with Gasteiger partial charge >= 0.3 is 0 Å². The van der Waals surface area contributed by atoms with Crippen LogP contribution in [0.15, 0.2) is 18.5 Å². The van der Waals surface area contributed by atoms with Gasteiger partial charge in [0.2, 0.25) is 0 Å². The van der Waals surface area contributed by atoms with Crippen LogP contribution in [0.4, 0.5) is 0 Å². The molecule has 0 saturated heterocycles. The van der Waals surface area contributed by atoms with Gasteiger partial charge in [-0.2, -0.15) is 5.10 Å². The van der Waals surface area contributed by atoms with Gasteiger partial charge in [0.05, 0.1) is 6.04 Å². The van der Waals surface area contributed by atoms with E-state index in [1.165, 1.54) is 23.0 Å². The number of nitrogens with one attached hydrogen (secondary N) is 1. The quantitative estimate of drug-likeness (QED) is 0.804. The molecule has 0 spiro atoms. The average Bonchev–Trinajstić information content (AvgIpc) is 2.75. The minimum atomic E-state index is -0.234. The summed E-state index contributed by atoms with van der Waals surface area (Å²) in [6.45, 7) is 6.26. The van der Waals surface area contributed by atoms with Crippen molar-refractivity contribution in [1.82, 2.24) is 15.2 Å². The maximum atomic E-state index is 6.15. The minimum Gasteiger partial charge on any atom is -0.318 e. The van der Waals surface area contributed by atoms with Crippen molar-refractivity contribution in [3.05, 3.63) is 46.5 Å². The number of aromatic amines is 1. The van der Waals surface area contributed by atoms with E-state index in [4.69, 9.17) is 5.73 Å². The Morgan fingerprint density at radius 1 is 1.12 bits per heavy atom. The molecule has 16 heavy (non-hydrogen) atoms. The molecule has 0 amide bonds. The molecule has 1 aromatic carbocycles. The van der Waals surface area contributed by atoms with Crippen molar-refractivity contribution >= 4 is 0 Å². The molecule has 2 rings (SSSR count). The summed E-state index contributed by atoms with van der Waals surface area (Å²) in [6, 6.07) is 4.04. The van der Waals surface area contributed by atoms with Crippen LogP contribution in [0.2, 0.25) is 0 Å². The molecule has 0 aliphatic rings. The van der Waals surface area contributed by atoms with Gasteiger partial charge in [0.1, 0.15) is 12.2 Å². The molecule has 1 unspecified atom stereocenters. The zero-order valence-corrected chi connectivity index (χ0v) is 9.78. The number of rotatable bonds is 2. The van der Waals surface area contributed by atoms with Gasteiger partial charge in [0, 0.05) is 0 Å². The van der Waals surface area contributed by atoms with Crippen LogP contribution < -0.4 is 5.73 Å². The van der Waals surface area contributed by atoms with Gasteiger partial charge in [-0.25, -0.2) is 4.98 Å². The van der Waals surface area contributed by atoms with Crippen LogP contribution in [0.25, 0.3) is 0 Å². The number of H-pyrrole nitrogens is 1. The molecule has 0 bridgehead atoms. The fourth-order valence-electron chi connectivity index (χ4n) is 1.83. The second-order valence-corrected chi connectivity index (χ2v) is 4.14. The number of hydrogen-bond donors (Lipinski definition) is 2. The lowest BCUT2D eigenvalue weighted by Crippen LogP contribution is -2.15. The SMILES string of the molecule is Cc1cc(C)c(C(N)c2ncn[nH]2)cc1C. The van der Waals surface area contributed by atoms with Gasteiger partial charge in [-0.1, -0.05) is 12.1 Å². The minimum absolute atomic E-state index is 0.234. The standard InChI is InChI=1S/C12H16N4/c1-7-4-9(3)10(5-8(7)2)11(13)12-14-6-15-16-12/h4-6,11H,13H2,1-3H3,(H,14,15,16). The fourth-order valence-corrected chi connectivity index (χ4v) is 1.83. The molecule has 0 aliphatic heterocycles. The number of benzene rings is 1. The van der Waals surface area contributed by atoms with E-state index in [-0.39, 0.29) is 6.04 Å². The lowest BCUT2D eigenvalue weighted by molar-refractivity contribution is 0.780. The third-order valence-corrected chi connectivity index (χ3v) is 2.95. The maximum Gasteiger partial charge on any atom is 0.145 e. The first kappa shape index (κ1) is 10.8. The molecule has 84 valence electrons. The zero-order valence-electron chi connectivity index (χ0n) is 9.78. The predicted octanol–water partition coefficient (Wildman–Crippen LogP) is 1.78.